The quantitative estimate of drug-likeness (QED) is 0.502. The number of carboxylic acids is 1. The number of ether oxygens (including phenoxy) is 1. The van der Waals surface area contributed by atoms with Crippen molar-refractivity contribution in [1.82, 2.24) is 4.90 Å². The Morgan fingerprint density at radius 3 is 2.57 bits per heavy atom. The Morgan fingerprint density at radius 1 is 1.20 bits per heavy atom. The Balaban J connectivity index is 1.33. The topological polar surface area (TPSA) is 49.8 Å². The molecular formula is C23H24BrClFNO3. The molecular weight excluding hydrogens is 473 g/mol. The molecule has 0 radical (unpaired) electrons. The predicted octanol–water partition coefficient (Wildman–Crippen LogP) is 6.11. The van der Waals surface area contributed by atoms with Gasteiger partial charge in [-0.25, -0.2) is 9.18 Å². The fourth-order valence-corrected chi connectivity index (χ4v) is 4.72. The van der Waals surface area contributed by atoms with E-state index >= 15 is 0 Å². The zero-order valence-corrected chi connectivity index (χ0v) is 18.9. The Morgan fingerprint density at radius 2 is 1.93 bits per heavy atom. The first-order valence-corrected chi connectivity index (χ1v) is 11.4. The van der Waals surface area contributed by atoms with Crippen LogP contribution in [0, 0.1) is 11.7 Å². The molecule has 1 N–H and O–H groups in total. The van der Waals surface area contributed by atoms with Crippen molar-refractivity contribution in [2.45, 2.75) is 38.1 Å². The highest BCUT2D eigenvalue weighted by atomic mass is 79.9. The van der Waals surface area contributed by atoms with Gasteiger partial charge in [-0.15, -0.1) is 0 Å². The van der Waals surface area contributed by atoms with E-state index in [4.69, 9.17) is 16.3 Å². The minimum Gasteiger partial charge on any atom is -0.493 e. The van der Waals surface area contributed by atoms with Crippen molar-refractivity contribution in [2.24, 2.45) is 5.92 Å². The molecule has 1 saturated heterocycles. The second-order valence-electron chi connectivity index (χ2n) is 8.22. The molecule has 0 unspecified atom stereocenters. The highest BCUT2D eigenvalue weighted by Crippen LogP contribution is 2.45. The molecule has 2 aliphatic rings. The van der Waals surface area contributed by atoms with Crippen molar-refractivity contribution in [3.63, 3.8) is 0 Å². The standard InChI is InChI=1S/C23H24BrClFNO3/c24-17-4-3-16(20(25)9-17)12-27-7-5-14(6-8-27)13-30-22-11-21(26)19(23(28)29)10-18(22)15-1-2-15/h3-4,9-11,14-15H,1-2,5-8,12-13H2,(H,28,29). The van der Waals surface area contributed by atoms with E-state index < -0.39 is 11.8 Å². The molecule has 160 valence electrons. The second-order valence-corrected chi connectivity index (χ2v) is 9.54. The van der Waals surface area contributed by atoms with Crippen LogP contribution in [-0.2, 0) is 6.54 Å². The number of likely N-dealkylation sites (tertiary alicyclic amines) is 1. The summed E-state index contributed by atoms with van der Waals surface area (Å²) in [4.78, 5) is 13.6. The van der Waals surface area contributed by atoms with E-state index in [1.165, 1.54) is 12.1 Å². The maximum absolute atomic E-state index is 14.2. The molecule has 0 atom stereocenters. The molecule has 4 nitrogen and oxygen atoms in total. The van der Waals surface area contributed by atoms with Crippen molar-refractivity contribution < 1.29 is 19.0 Å². The zero-order valence-electron chi connectivity index (χ0n) is 16.5. The third-order valence-corrected chi connectivity index (χ3v) is 6.78. The number of piperidine rings is 1. The van der Waals surface area contributed by atoms with E-state index in [9.17, 15) is 14.3 Å². The van der Waals surface area contributed by atoms with Crippen LogP contribution >= 0.6 is 27.5 Å². The van der Waals surface area contributed by atoms with E-state index in [0.29, 0.717) is 18.3 Å². The van der Waals surface area contributed by atoms with Crippen LogP contribution in [0.4, 0.5) is 4.39 Å². The third kappa shape index (κ3) is 5.16. The van der Waals surface area contributed by atoms with Gasteiger partial charge in [0.05, 0.1) is 12.2 Å². The lowest BCUT2D eigenvalue weighted by Crippen LogP contribution is -2.35. The first kappa shape index (κ1) is 21.6. The summed E-state index contributed by atoms with van der Waals surface area (Å²) in [6.45, 7) is 3.27. The van der Waals surface area contributed by atoms with E-state index in [2.05, 4.69) is 26.9 Å². The minimum atomic E-state index is -1.24. The van der Waals surface area contributed by atoms with Crippen LogP contribution in [0.3, 0.4) is 0 Å². The van der Waals surface area contributed by atoms with Crippen LogP contribution in [-0.4, -0.2) is 35.7 Å². The molecule has 4 rings (SSSR count). The van der Waals surface area contributed by atoms with Crippen molar-refractivity contribution >= 4 is 33.5 Å². The Hall–Kier alpha value is -1.63. The maximum atomic E-state index is 14.2. The van der Waals surface area contributed by atoms with Crippen LogP contribution in [0.1, 0.15) is 53.1 Å². The largest absolute Gasteiger partial charge is 0.493 e. The molecule has 1 aliphatic carbocycles. The van der Waals surface area contributed by atoms with Gasteiger partial charge in [0.2, 0.25) is 0 Å². The van der Waals surface area contributed by atoms with Crippen LogP contribution in [0.5, 0.6) is 5.75 Å². The summed E-state index contributed by atoms with van der Waals surface area (Å²) in [7, 11) is 0. The first-order valence-electron chi connectivity index (χ1n) is 10.3. The molecule has 1 aliphatic heterocycles. The highest BCUT2D eigenvalue weighted by molar-refractivity contribution is 9.10. The van der Waals surface area contributed by atoms with Gasteiger partial charge in [0.25, 0.3) is 0 Å². The van der Waals surface area contributed by atoms with Crippen LogP contribution < -0.4 is 4.74 Å². The number of hydrogen-bond acceptors (Lipinski definition) is 3. The summed E-state index contributed by atoms with van der Waals surface area (Å²) in [5, 5.41) is 9.95. The lowest BCUT2D eigenvalue weighted by molar-refractivity contribution is 0.0691. The van der Waals surface area contributed by atoms with Gasteiger partial charge in [0, 0.05) is 22.1 Å². The summed E-state index contributed by atoms with van der Waals surface area (Å²) in [6, 6.07) is 8.69. The van der Waals surface area contributed by atoms with Crippen molar-refractivity contribution in [1.29, 1.82) is 0 Å². The predicted molar refractivity (Wildman–Crippen MR) is 118 cm³/mol. The number of hydrogen-bond donors (Lipinski definition) is 1. The lowest BCUT2D eigenvalue weighted by Gasteiger charge is -2.32. The summed E-state index contributed by atoms with van der Waals surface area (Å²) in [6.07, 6.45) is 4.00. The van der Waals surface area contributed by atoms with Crippen molar-refractivity contribution in [2.75, 3.05) is 19.7 Å². The summed E-state index contributed by atoms with van der Waals surface area (Å²) in [5.41, 5.74) is 1.68. The van der Waals surface area contributed by atoms with Crippen molar-refractivity contribution in [3.8, 4) is 5.75 Å². The monoisotopic (exact) mass is 495 g/mol. The lowest BCUT2D eigenvalue weighted by atomic mass is 9.97. The van der Waals surface area contributed by atoms with E-state index in [1.54, 1.807) is 0 Å². The van der Waals surface area contributed by atoms with Gasteiger partial charge in [-0.05, 0) is 79.9 Å². The molecule has 7 heteroatoms. The summed E-state index contributed by atoms with van der Waals surface area (Å²) >= 11 is 9.77. The molecule has 2 aromatic carbocycles. The van der Waals surface area contributed by atoms with Gasteiger partial charge >= 0.3 is 5.97 Å². The van der Waals surface area contributed by atoms with Gasteiger partial charge in [-0.1, -0.05) is 33.6 Å². The smallest absolute Gasteiger partial charge is 0.338 e. The molecule has 1 heterocycles. The fourth-order valence-electron chi connectivity index (χ4n) is 3.98. The Bertz CT molecular complexity index is 942. The van der Waals surface area contributed by atoms with Gasteiger partial charge in [-0.2, -0.15) is 0 Å². The molecule has 0 aromatic heterocycles. The maximum Gasteiger partial charge on any atom is 0.338 e. The second kappa shape index (κ2) is 9.25. The molecule has 30 heavy (non-hydrogen) atoms. The minimum absolute atomic E-state index is 0.274. The van der Waals surface area contributed by atoms with E-state index in [0.717, 1.165) is 65.9 Å². The number of benzene rings is 2. The summed E-state index contributed by atoms with van der Waals surface area (Å²) < 4.78 is 21.1. The number of carbonyl (C=O) groups is 1. The van der Waals surface area contributed by atoms with Gasteiger partial charge in [0.15, 0.2) is 0 Å². The normalized spacial score (nSPS) is 17.8. The zero-order chi connectivity index (χ0) is 21.3. The number of halogens is 3. The third-order valence-electron chi connectivity index (χ3n) is 5.94. The van der Waals surface area contributed by atoms with Crippen molar-refractivity contribution in [3.05, 3.63) is 62.3 Å². The van der Waals surface area contributed by atoms with Crippen LogP contribution in [0.2, 0.25) is 5.02 Å². The van der Waals surface area contributed by atoms with Gasteiger partial charge < -0.3 is 9.84 Å². The fraction of sp³-hybridized carbons (Fsp3) is 0.435. The average Bonchev–Trinajstić information content (AvgIpc) is 3.54. The number of nitrogens with zero attached hydrogens (tertiary/aromatic N) is 1. The average molecular weight is 497 g/mol. The number of aromatic carboxylic acids is 1. The first-order chi connectivity index (χ1) is 14.4. The SMILES string of the molecule is O=C(O)c1cc(C2CC2)c(OCC2CCN(Cc3ccc(Br)cc3Cl)CC2)cc1F. The highest BCUT2D eigenvalue weighted by Gasteiger charge is 2.30. The molecule has 0 bridgehead atoms. The molecule has 0 amide bonds. The van der Waals surface area contributed by atoms with Gasteiger partial charge in [0.1, 0.15) is 11.6 Å². The summed E-state index contributed by atoms with van der Waals surface area (Å²) in [5.74, 6) is -0.779. The molecule has 1 saturated carbocycles. The van der Waals surface area contributed by atoms with Gasteiger partial charge in [-0.3, -0.25) is 4.90 Å². The Labute approximate surface area is 189 Å². The van der Waals surface area contributed by atoms with Crippen LogP contribution in [0.25, 0.3) is 0 Å². The van der Waals surface area contributed by atoms with Crippen LogP contribution in [0.15, 0.2) is 34.8 Å². The Kier molecular flexibility index (Phi) is 6.66. The molecule has 2 fully saturated rings. The number of carboxylic acid groups (broad SMARTS) is 1. The van der Waals surface area contributed by atoms with E-state index in [1.807, 2.05) is 12.1 Å². The number of rotatable bonds is 7. The van der Waals surface area contributed by atoms with E-state index in [-0.39, 0.29) is 11.5 Å². The molecule has 0 spiro atoms. The molecule has 2 aromatic rings.